The third-order valence-electron chi connectivity index (χ3n) is 3.25. The van der Waals surface area contributed by atoms with E-state index in [9.17, 15) is 4.79 Å². The van der Waals surface area contributed by atoms with E-state index in [4.69, 9.17) is 0 Å². The number of carbonyl (C=O) groups excluding carboxylic acids is 1. The Labute approximate surface area is 133 Å². The van der Waals surface area contributed by atoms with Gasteiger partial charge in [0, 0.05) is 11.9 Å². The van der Waals surface area contributed by atoms with Gasteiger partial charge in [0.25, 0.3) is 0 Å². The molecule has 1 N–H and O–H groups in total. The van der Waals surface area contributed by atoms with Crippen molar-refractivity contribution in [1.29, 1.82) is 0 Å². The maximum absolute atomic E-state index is 12.0. The van der Waals surface area contributed by atoms with Gasteiger partial charge in [-0.3, -0.25) is 4.79 Å². The first-order valence-electron chi connectivity index (χ1n) is 7.12. The van der Waals surface area contributed by atoms with Gasteiger partial charge >= 0.3 is 0 Å². The van der Waals surface area contributed by atoms with Gasteiger partial charge in [-0.05, 0) is 41.6 Å². The maximum Gasteiger partial charge on any atom is 0.192 e. The quantitative estimate of drug-likeness (QED) is 0.734. The molecular formula is C17H15N5O. The zero-order valence-corrected chi connectivity index (χ0v) is 12.5. The third-order valence-corrected chi connectivity index (χ3v) is 3.25. The van der Waals surface area contributed by atoms with Gasteiger partial charge in [0.15, 0.2) is 11.6 Å². The summed E-state index contributed by atoms with van der Waals surface area (Å²) in [5.41, 5.74) is 2.08. The number of tetrazole rings is 1. The highest BCUT2D eigenvalue weighted by atomic mass is 16.1. The van der Waals surface area contributed by atoms with Crippen molar-refractivity contribution < 1.29 is 4.79 Å². The standard InChI is InChI=1S/C17H15N5O/c1-13(23)16(12-18-14-8-4-2-5-9-14)17-19-20-21-22(17)15-10-6-3-7-11-15/h2-12,18H,1H3. The summed E-state index contributed by atoms with van der Waals surface area (Å²) in [5, 5.41) is 14.8. The van der Waals surface area contributed by atoms with Crippen LogP contribution >= 0.6 is 0 Å². The predicted octanol–water partition coefficient (Wildman–Crippen LogP) is 2.70. The van der Waals surface area contributed by atoms with E-state index in [0.717, 1.165) is 11.4 Å². The summed E-state index contributed by atoms with van der Waals surface area (Å²) in [6.45, 7) is 1.49. The normalized spacial score (nSPS) is 11.3. The van der Waals surface area contributed by atoms with E-state index in [-0.39, 0.29) is 5.78 Å². The minimum absolute atomic E-state index is 0.125. The number of ketones is 1. The van der Waals surface area contributed by atoms with E-state index < -0.39 is 0 Å². The summed E-state index contributed by atoms with van der Waals surface area (Å²) in [5.74, 6) is 0.271. The fourth-order valence-electron chi connectivity index (χ4n) is 2.11. The van der Waals surface area contributed by atoms with Gasteiger partial charge in [0.05, 0.1) is 11.3 Å². The van der Waals surface area contributed by atoms with Crippen molar-refractivity contribution in [1.82, 2.24) is 20.2 Å². The van der Waals surface area contributed by atoms with Crippen molar-refractivity contribution in [3.05, 3.63) is 72.7 Å². The van der Waals surface area contributed by atoms with Crippen LogP contribution in [0, 0.1) is 0 Å². The molecule has 6 heteroatoms. The largest absolute Gasteiger partial charge is 0.361 e. The third kappa shape index (κ3) is 3.32. The summed E-state index contributed by atoms with van der Waals surface area (Å²) in [7, 11) is 0. The topological polar surface area (TPSA) is 72.7 Å². The van der Waals surface area contributed by atoms with Crippen LogP contribution in [0.25, 0.3) is 11.3 Å². The Morgan fingerprint density at radius 2 is 1.70 bits per heavy atom. The lowest BCUT2D eigenvalue weighted by molar-refractivity contribution is -0.111. The van der Waals surface area contributed by atoms with Crippen molar-refractivity contribution >= 4 is 17.0 Å². The van der Waals surface area contributed by atoms with Crippen molar-refractivity contribution in [2.24, 2.45) is 0 Å². The number of nitrogens with zero attached hydrogens (tertiary/aromatic N) is 4. The van der Waals surface area contributed by atoms with Gasteiger partial charge in [-0.1, -0.05) is 36.4 Å². The molecule has 0 radical (unpaired) electrons. The zero-order valence-electron chi connectivity index (χ0n) is 12.5. The minimum atomic E-state index is -0.125. The van der Waals surface area contributed by atoms with Crippen LogP contribution in [0.15, 0.2) is 66.9 Å². The number of carbonyl (C=O) groups is 1. The Morgan fingerprint density at radius 1 is 1.04 bits per heavy atom. The average Bonchev–Trinajstić information content (AvgIpc) is 3.06. The van der Waals surface area contributed by atoms with Gasteiger partial charge in [-0.2, -0.15) is 4.68 Å². The molecule has 0 aliphatic rings. The maximum atomic E-state index is 12.0. The number of aromatic nitrogens is 4. The SMILES string of the molecule is CC(=O)C(=CNc1ccccc1)c1nnnn1-c1ccccc1. The van der Waals surface area contributed by atoms with E-state index in [2.05, 4.69) is 20.8 Å². The first-order valence-corrected chi connectivity index (χ1v) is 7.12. The lowest BCUT2D eigenvalue weighted by atomic mass is 10.2. The molecule has 2 aromatic carbocycles. The molecule has 0 fully saturated rings. The molecular weight excluding hydrogens is 290 g/mol. The van der Waals surface area contributed by atoms with Crippen molar-refractivity contribution in [2.75, 3.05) is 5.32 Å². The number of benzene rings is 2. The highest BCUT2D eigenvalue weighted by Gasteiger charge is 2.17. The summed E-state index contributed by atoms with van der Waals surface area (Å²) in [6, 6.07) is 19.0. The van der Waals surface area contributed by atoms with E-state index in [1.807, 2.05) is 60.7 Å². The molecule has 3 aromatic rings. The highest BCUT2D eigenvalue weighted by molar-refractivity contribution is 6.18. The van der Waals surface area contributed by atoms with Crippen molar-refractivity contribution in [3.63, 3.8) is 0 Å². The number of anilines is 1. The van der Waals surface area contributed by atoms with E-state index in [1.54, 1.807) is 10.9 Å². The monoisotopic (exact) mass is 305 g/mol. The van der Waals surface area contributed by atoms with Crippen molar-refractivity contribution in [2.45, 2.75) is 6.92 Å². The first kappa shape index (κ1) is 14.6. The lowest BCUT2D eigenvalue weighted by Crippen LogP contribution is -2.08. The van der Waals surface area contributed by atoms with Crippen LogP contribution in [0.4, 0.5) is 5.69 Å². The van der Waals surface area contributed by atoms with Crippen LogP contribution in [-0.2, 0) is 4.79 Å². The van der Waals surface area contributed by atoms with Crippen LogP contribution in [0.5, 0.6) is 0 Å². The number of Topliss-reactive ketones (excluding diaryl/α,β-unsaturated/α-hetero) is 1. The van der Waals surface area contributed by atoms with E-state index in [0.29, 0.717) is 11.4 Å². The second-order valence-electron chi connectivity index (χ2n) is 4.87. The zero-order chi connectivity index (χ0) is 16.1. The summed E-state index contributed by atoms with van der Waals surface area (Å²) >= 11 is 0. The molecule has 0 spiro atoms. The molecule has 1 heterocycles. The predicted molar refractivity (Wildman–Crippen MR) is 87.9 cm³/mol. The number of para-hydroxylation sites is 2. The molecule has 1 aromatic heterocycles. The Kier molecular flexibility index (Phi) is 4.24. The highest BCUT2D eigenvalue weighted by Crippen LogP contribution is 2.17. The minimum Gasteiger partial charge on any atom is -0.361 e. The molecule has 0 amide bonds. The van der Waals surface area contributed by atoms with Crippen molar-refractivity contribution in [3.8, 4) is 5.69 Å². The molecule has 0 unspecified atom stereocenters. The van der Waals surface area contributed by atoms with Crippen LogP contribution in [0.3, 0.4) is 0 Å². The van der Waals surface area contributed by atoms with Crippen LogP contribution < -0.4 is 5.32 Å². The molecule has 23 heavy (non-hydrogen) atoms. The summed E-state index contributed by atoms with van der Waals surface area (Å²) in [4.78, 5) is 12.0. The number of allylic oxidation sites excluding steroid dienone is 1. The van der Waals surface area contributed by atoms with Gasteiger partial charge in [-0.25, -0.2) is 0 Å². The Balaban J connectivity index is 1.97. The fraction of sp³-hybridized carbons (Fsp3) is 0.0588. The van der Waals surface area contributed by atoms with Gasteiger partial charge in [0.1, 0.15) is 0 Å². The van der Waals surface area contributed by atoms with Crippen LogP contribution in [0.1, 0.15) is 12.7 Å². The molecule has 0 saturated carbocycles. The molecule has 0 bridgehead atoms. The molecule has 0 atom stereocenters. The average molecular weight is 305 g/mol. The van der Waals surface area contributed by atoms with E-state index in [1.165, 1.54) is 6.92 Å². The Hall–Kier alpha value is -3.28. The first-order chi connectivity index (χ1) is 11.3. The molecule has 3 rings (SSSR count). The second-order valence-corrected chi connectivity index (χ2v) is 4.87. The van der Waals surface area contributed by atoms with Gasteiger partial charge in [0.2, 0.25) is 0 Å². The number of rotatable bonds is 5. The molecule has 0 aliphatic heterocycles. The number of hydrogen-bond donors (Lipinski definition) is 1. The smallest absolute Gasteiger partial charge is 0.192 e. The summed E-state index contributed by atoms with van der Waals surface area (Å²) in [6.07, 6.45) is 1.63. The summed E-state index contributed by atoms with van der Waals surface area (Å²) < 4.78 is 1.54. The lowest BCUT2D eigenvalue weighted by Gasteiger charge is -2.07. The Bertz CT molecular complexity index is 824. The van der Waals surface area contributed by atoms with Gasteiger partial charge in [-0.15, -0.1) is 5.10 Å². The number of hydrogen-bond acceptors (Lipinski definition) is 5. The van der Waals surface area contributed by atoms with Crippen LogP contribution in [0.2, 0.25) is 0 Å². The Morgan fingerprint density at radius 3 is 2.35 bits per heavy atom. The molecule has 0 aliphatic carbocycles. The second kappa shape index (κ2) is 6.65. The molecule has 0 saturated heterocycles. The molecule has 6 nitrogen and oxygen atoms in total. The number of nitrogens with one attached hydrogen (secondary N) is 1. The van der Waals surface area contributed by atoms with E-state index >= 15 is 0 Å². The van der Waals surface area contributed by atoms with Gasteiger partial charge < -0.3 is 5.32 Å². The van der Waals surface area contributed by atoms with Crippen LogP contribution in [-0.4, -0.2) is 26.0 Å². The molecule has 114 valence electrons. The fourth-order valence-corrected chi connectivity index (χ4v) is 2.11.